The summed E-state index contributed by atoms with van der Waals surface area (Å²) in [6.07, 6.45) is 3.68. The van der Waals surface area contributed by atoms with Crippen LogP contribution in [0, 0.1) is 0 Å². The summed E-state index contributed by atoms with van der Waals surface area (Å²) in [7, 11) is 3.95. The lowest BCUT2D eigenvalue weighted by Crippen LogP contribution is -2.09. The summed E-state index contributed by atoms with van der Waals surface area (Å²) in [5.41, 5.74) is 4.96. The van der Waals surface area contributed by atoms with E-state index in [-0.39, 0.29) is 5.78 Å². The topological polar surface area (TPSA) is 59.2 Å². The number of fused-ring (bicyclic) bond motifs is 1. The zero-order chi connectivity index (χ0) is 18.8. The van der Waals surface area contributed by atoms with Gasteiger partial charge in [-0.05, 0) is 42.0 Å². The van der Waals surface area contributed by atoms with Gasteiger partial charge in [-0.3, -0.25) is 9.78 Å². The molecule has 0 atom stereocenters. The zero-order valence-corrected chi connectivity index (χ0v) is 15.2. The Kier molecular flexibility index (Phi) is 4.42. The number of hydrogen-bond acceptors (Lipinski definition) is 5. The Labute approximate surface area is 157 Å². The minimum Gasteiger partial charge on any atom is -0.436 e. The molecule has 0 spiro atoms. The van der Waals surface area contributed by atoms with Gasteiger partial charge in [-0.2, -0.15) is 0 Å². The monoisotopic (exact) mass is 357 g/mol. The second-order valence-electron chi connectivity index (χ2n) is 6.60. The highest BCUT2D eigenvalue weighted by atomic mass is 16.3. The van der Waals surface area contributed by atoms with Crippen LogP contribution in [0.25, 0.3) is 22.6 Å². The maximum Gasteiger partial charge on any atom is 0.227 e. The molecule has 0 aliphatic heterocycles. The van der Waals surface area contributed by atoms with Crippen LogP contribution in [0.3, 0.4) is 0 Å². The van der Waals surface area contributed by atoms with Crippen molar-refractivity contribution in [1.82, 2.24) is 9.97 Å². The summed E-state index contributed by atoms with van der Waals surface area (Å²) in [6.45, 7) is 0. The minimum atomic E-state index is 0.0826. The van der Waals surface area contributed by atoms with Crippen molar-refractivity contribution in [3.05, 3.63) is 78.1 Å². The van der Waals surface area contributed by atoms with E-state index in [4.69, 9.17) is 4.42 Å². The minimum absolute atomic E-state index is 0.0826. The van der Waals surface area contributed by atoms with Gasteiger partial charge in [0.05, 0.1) is 6.20 Å². The first kappa shape index (κ1) is 17.0. The van der Waals surface area contributed by atoms with Crippen molar-refractivity contribution in [2.45, 2.75) is 6.42 Å². The first-order valence-electron chi connectivity index (χ1n) is 8.70. The SMILES string of the molecule is CN(C)c1ccc(C(=O)Cc2cccc(-c3nc4cnccc4o3)c2)cc1. The van der Waals surface area contributed by atoms with Crippen LogP contribution in [0.15, 0.2) is 71.4 Å². The van der Waals surface area contributed by atoms with E-state index >= 15 is 0 Å². The molecule has 4 aromatic rings. The van der Waals surface area contributed by atoms with Gasteiger partial charge in [-0.25, -0.2) is 4.98 Å². The fourth-order valence-corrected chi connectivity index (χ4v) is 2.95. The Morgan fingerprint density at radius 2 is 1.89 bits per heavy atom. The van der Waals surface area contributed by atoms with Gasteiger partial charge in [-0.1, -0.05) is 12.1 Å². The molecule has 0 saturated carbocycles. The van der Waals surface area contributed by atoms with Crippen molar-refractivity contribution < 1.29 is 9.21 Å². The Hall–Kier alpha value is -3.47. The third-order valence-electron chi connectivity index (χ3n) is 4.43. The average Bonchev–Trinajstić information content (AvgIpc) is 3.12. The standard InChI is InChI=1S/C22H19N3O2/c1-25(2)18-8-6-16(7-9-18)20(26)13-15-4-3-5-17(12-15)22-24-19-14-23-11-10-21(19)27-22/h3-12,14H,13H2,1-2H3. The van der Waals surface area contributed by atoms with Gasteiger partial charge in [0.2, 0.25) is 5.89 Å². The van der Waals surface area contributed by atoms with Crippen molar-refractivity contribution in [2.24, 2.45) is 0 Å². The van der Waals surface area contributed by atoms with Gasteiger partial charge in [0.25, 0.3) is 0 Å². The molecule has 0 fully saturated rings. The van der Waals surface area contributed by atoms with E-state index in [9.17, 15) is 4.79 Å². The number of carbonyl (C=O) groups is 1. The third-order valence-corrected chi connectivity index (χ3v) is 4.43. The fraction of sp³-hybridized carbons (Fsp3) is 0.136. The fourth-order valence-electron chi connectivity index (χ4n) is 2.95. The molecule has 0 radical (unpaired) electrons. The maximum atomic E-state index is 12.6. The Morgan fingerprint density at radius 3 is 2.63 bits per heavy atom. The predicted molar refractivity (Wildman–Crippen MR) is 106 cm³/mol. The van der Waals surface area contributed by atoms with E-state index in [0.717, 1.165) is 22.3 Å². The number of carbonyl (C=O) groups excluding carboxylic acids is 1. The third kappa shape index (κ3) is 3.58. The molecule has 5 nitrogen and oxygen atoms in total. The largest absolute Gasteiger partial charge is 0.436 e. The molecule has 5 heteroatoms. The molecule has 2 aromatic carbocycles. The van der Waals surface area contributed by atoms with Crippen molar-refractivity contribution in [2.75, 3.05) is 19.0 Å². The van der Waals surface area contributed by atoms with Crippen LogP contribution in [0.1, 0.15) is 15.9 Å². The van der Waals surface area contributed by atoms with Crippen LogP contribution in [-0.4, -0.2) is 29.8 Å². The normalized spacial score (nSPS) is 10.9. The smallest absolute Gasteiger partial charge is 0.227 e. The Bertz CT molecular complexity index is 1060. The maximum absolute atomic E-state index is 12.6. The van der Waals surface area contributed by atoms with E-state index in [2.05, 4.69) is 9.97 Å². The molecular formula is C22H19N3O2. The zero-order valence-electron chi connectivity index (χ0n) is 15.2. The van der Waals surface area contributed by atoms with Crippen LogP contribution < -0.4 is 4.90 Å². The van der Waals surface area contributed by atoms with E-state index in [1.165, 1.54) is 0 Å². The first-order chi connectivity index (χ1) is 13.1. The number of Topliss-reactive ketones (excluding diaryl/α,β-unsaturated/α-hetero) is 1. The van der Waals surface area contributed by atoms with Crippen LogP contribution in [-0.2, 0) is 6.42 Å². The summed E-state index contributed by atoms with van der Waals surface area (Å²) in [4.78, 5) is 23.2. The number of ketones is 1. The van der Waals surface area contributed by atoms with Gasteiger partial charge in [-0.15, -0.1) is 0 Å². The summed E-state index contributed by atoms with van der Waals surface area (Å²) in [6, 6.07) is 17.2. The van der Waals surface area contributed by atoms with Gasteiger partial charge in [0, 0.05) is 49.6 Å². The van der Waals surface area contributed by atoms with Crippen molar-refractivity contribution in [3.8, 4) is 11.5 Å². The van der Waals surface area contributed by atoms with Gasteiger partial charge < -0.3 is 9.32 Å². The molecule has 0 amide bonds. The second kappa shape index (κ2) is 7.03. The van der Waals surface area contributed by atoms with E-state index in [1.54, 1.807) is 18.5 Å². The van der Waals surface area contributed by atoms with E-state index in [0.29, 0.717) is 23.5 Å². The van der Waals surface area contributed by atoms with Crippen molar-refractivity contribution in [1.29, 1.82) is 0 Å². The summed E-state index contributed by atoms with van der Waals surface area (Å²) >= 11 is 0. The Morgan fingerprint density at radius 1 is 1.07 bits per heavy atom. The van der Waals surface area contributed by atoms with Crippen molar-refractivity contribution >= 4 is 22.6 Å². The van der Waals surface area contributed by atoms with Gasteiger partial charge in [0.1, 0.15) is 5.52 Å². The highest BCUT2D eigenvalue weighted by molar-refractivity contribution is 5.97. The average molecular weight is 357 g/mol. The molecule has 0 unspecified atom stereocenters. The molecular weight excluding hydrogens is 338 g/mol. The first-order valence-corrected chi connectivity index (χ1v) is 8.70. The number of hydrogen-bond donors (Lipinski definition) is 0. The predicted octanol–water partition coefficient (Wildman–Crippen LogP) is 4.38. The molecule has 134 valence electrons. The molecule has 0 aliphatic rings. The van der Waals surface area contributed by atoms with Gasteiger partial charge in [0.15, 0.2) is 11.4 Å². The van der Waals surface area contributed by atoms with Crippen LogP contribution in [0.2, 0.25) is 0 Å². The number of anilines is 1. The lowest BCUT2D eigenvalue weighted by Gasteiger charge is -2.12. The van der Waals surface area contributed by atoms with Crippen LogP contribution >= 0.6 is 0 Å². The van der Waals surface area contributed by atoms with E-state index in [1.807, 2.05) is 67.5 Å². The Balaban J connectivity index is 1.56. The molecule has 0 aliphatic carbocycles. The molecule has 4 rings (SSSR count). The molecule has 0 bridgehead atoms. The summed E-state index contributed by atoms with van der Waals surface area (Å²) in [5.74, 6) is 0.613. The highest BCUT2D eigenvalue weighted by Crippen LogP contribution is 2.25. The van der Waals surface area contributed by atoms with Crippen LogP contribution in [0.4, 0.5) is 5.69 Å². The summed E-state index contributed by atoms with van der Waals surface area (Å²) in [5, 5.41) is 0. The highest BCUT2D eigenvalue weighted by Gasteiger charge is 2.11. The van der Waals surface area contributed by atoms with E-state index < -0.39 is 0 Å². The number of aromatic nitrogens is 2. The number of oxazole rings is 1. The molecule has 0 N–H and O–H groups in total. The lowest BCUT2D eigenvalue weighted by atomic mass is 10.0. The second-order valence-corrected chi connectivity index (χ2v) is 6.60. The summed E-state index contributed by atoms with van der Waals surface area (Å²) < 4.78 is 5.79. The molecule has 0 saturated heterocycles. The molecule has 27 heavy (non-hydrogen) atoms. The van der Waals surface area contributed by atoms with Crippen molar-refractivity contribution in [3.63, 3.8) is 0 Å². The number of rotatable bonds is 5. The number of pyridine rings is 1. The molecule has 2 heterocycles. The quantitative estimate of drug-likeness (QED) is 0.496. The number of benzene rings is 2. The van der Waals surface area contributed by atoms with Crippen LogP contribution in [0.5, 0.6) is 0 Å². The van der Waals surface area contributed by atoms with Gasteiger partial charge >= 0.3 is 0 Å². The molecule has 2 aromatic heterocycles. The number of nitrogens with zero attached hydrogens (tertiary/aromatic N) is 3. The lowest BCUT2D eigenvalue weighted by molar-refractivity contribution is 0.0993.